The minimum atomic E-state index is -0.386. The largest absolute Gasteiger partial charge is 0.466 e. The highest BCUT2D eigenvalue weighted by molar-refractivity contribution is 5.72. The Morgan fingerprint density at radius 2 is 1.72 bits per heavy atom. The zero-order chi connectivity index (χ0) is 14.0. The molecule has 0 spiro atoms. The van der Waals surface area contributed by atoms with Gasteiger partial charge in [0, 0.05) is 13.1 Å². The normalized spacial score (nSPS) is 11.8. The highest BCUT2D eigenvalue weighted by Gasteiger charge is 2.23. The molecule has 0 aliphatic carbocycles. The number of hydrogen-bond donors (Lipinski definition) is 0. The minimum Gasteiger partial charge on any atom is -0.466 e. The molecule has 0 aliphatic rings. The van der Waals surface area contributed by atoms with Gasteiger partial charge in [0.05, 0.1) is 19.6 Å². The summed E-state index contributed by atoms with van der Waals surface area (Å²) in [6.45, 7) is 6.31. The first-order chi connectivity index (χ1) is 8.56. The third kappa shape index (κ3) is 6.47. The Morgan fingerprint density at radius 3 is 2.22 bits per heavy atom. The molecule has 0 aromatic rings. The van der Waals surface area contributed by atoms with Gasteiger partial charge >= 0.3 is 12.1 Å². The molecule has 106 valence electrons. The number of carbonyl (C=O) groups excluding carboxylic acids is 2. The number of ether oxygens (including phenoxy) is 2. The van der Waals surface area contributed by atoms with Crippen molar-refractivity contribution in [1.29, 1.82) is 0 Å². The Labute approximate surface area is 109 Å². The van der Waals surface area contributed by atoms with Gasteiger partial charge in [-0.1, -0.05) is 19.8 Å². The van der Waals surface area contributed by atoms with Crippen LogP contribution in [-0.2, 0) is 14.3 Å². The second kappa shape index (κ2) is 9.74. The van der Waals surface area contributed by atoms with Crippen molar-refractivity contribution in [2.75, 3.05) is 20.3 Å². The molecule has 1 atom stereocenters. The molecule has 0 bridgehead atoms. The molecule has 18 heavy (non-hydrogen) atoms. The molecule has 0 saturated heterocycles. The number of carbonyl (C=O) groups is 2. The lowest BCUT2D eigenvalue weighted by atomic mass is 10.1. The van der Waals surface area contributed by atoms with Crippen LogP contribution in [0.3, 0.4) is 0 Å². The summed E-state index contributed by atoms with van der Waals surface area (Å²) in [4.78, 5) is 24.6. The predicted molar refractivity (Wildman–Crippen MR) is 69.3 cm³/mol. The number of rotatable bonds is 8. The Balaban J connectivity index is 4.44. The SMILES string of the molecule is CCCCC(CC(=O)OCC)N(C)C(=O)OCC. The third-order valence-corrected chi connectivity index (χ3v) is 2.70. The van der Waals surface area contributed by atoms with E-state index in [0.29, 0.717) is 13.2 Å². The fourth-order valence-electron chi connectivity index (χ4n) is 1.66. The van der Waals surface area contributed by atoms with Gasteiger partial charge in [-0.15, -0.1) is 0 Å². The van der Waals surface area contributed by atoms with E-state index in [9.17, 15) is 9.59 Å². The van der Waals surface area contributed by atoms with Gasteiger partial charge in [-0.05, 0) is 20.3 Å². The summed E-state index contributed by atoms with van der Waals surface area (Å²) < 4.78 is 9.87. The van der Waals surface area contributed by atoms with Crippen LogP contribution in [0.2, 0.25) is 0 Å². The van der Waals surface area contributed by atoms with E-state index in [1.807, 2.05) is 0 Å². The number of amides is 1. The Kier molecular flexibility index (Phi) is 9.06. The minimum absolute atomic E-state index is 0.150. The van der Waals surface area contributed by atoms with E-state index in [0.717, 1.165) is 19.3 Å². The molecule has 0 N–H and O–H groups in total. The van der Waals surface area contributed by atoms with E-state index in [-0.39, 0.29) is 24.5 Å². The second-order valence-electron chi connectivity index (χ2n) is 4.12. The first-order valence-corrected chi connectivity index (χ1v) is 6.61. The molecule has 1 unspecified atom stereocenters. The maximum atomic E-state index is 11.6. The molecule has 0 rings (SSSR count). The fraction of sp³-hybridized carbons (Fsp3) is 0.846. The van der Waals surface area contributed by atoms with Crippen molar-refractivity contribution in [1.82, 2.24) is 4.90 Å². The smallest absolute Gasteiger partial charge is 0.409 e. The van der Waals surface area contributed by atoms with Crippen molar-refractivity contribution in [3.8, 4) is 0 Å². The molecule has 0 aromatic carbocycles. The lowest BCUT2D eigenvalue weighted by Gasteiger charge is -2.26. The van der Waals surface area contributed by atoms with Gasteiger partial charge in [0.25, 0.3) is 0 Å². The van der Waals surface area contributed by atoms with Crippen molar-refractivity contribution in [3.63, 3.8) is 0 Å². The summed E-state index contributed by atoms with van der Waals surface area (Å²) in [5, 5.41) is 0. The fourth-order valence-corrected chi connectivity index (χ4v) is 1.66. The lowest BCUT2D eigenvalue weighted by molar-refractivity contribution is -0.144. The van der Waals surface area contributed by atoms with Crippen molar-refractivity contribution in [2.24, 2.45) is 0 Å². The van der Waals surface area contributed by atoms with Crippen molar-refractivity contribution in [3.05, 3.63) is 0 Å². The van der Waals surface area contributed by atoms with Gasteiger partial charge in [-0.3, -0.25) is 4.79 Å². The van der Waals surface area contributed by atoms with Crippen molar-refractivity contribution >= 4 is 12.1 Å². The van der Waals surface area contributed by atoms with Crippen LogP contribution in [0.25, 0.3) is 0 Å². The molecular weight excluding hydrogens is 234 g/mol. The monoisotopic (exact) mass is 259 g/mol. The maximum absolute atomic E-state index is 11.6. The van der Waals surface area contributed by atoms with Crippen LogP contribution in [0.1, 0.15) is 46.5 Å². The summed E-state index contributed by atoms with van der Waals surface area (Å²) in [5.74, 6) is -0.269. The molecule has 5 heteroatoms. The molecule has 0 saturated carbocycles. The van der Waals surface area contributed by atoms with Crippen molar-refractivity contribution < 1.29 is 19.1 Å². The van der Waals surface area contributed by atoms with Crippen LogP contribution < -0.4 is 0 Å². The van der Waals surface area contributed by atoms with Gasteiger partial charge in [0.15, 0.2) is 0 Å². The molecule has 0 fully saturated rings. The number of esters is 1. The van der Waals surface area contributed by atoms with E-state index in [4.69, 9.17) is 9.47 Å². The molecule has 0 aliphatic heterocycles. The van der Waals surface area contributed by atoms with E-state index in [1.165, 1.54) is 4.90 Å². The van der Waals surface area contributed by atoms with Crippen LogP contribution >= 0.6 is 0 Å². The topological polar surface area (TPSA) is 55.8 Å². The van der Waals surface area contributed by atoms with E-state index in [2.05, 4.69) is 6.92 Å². The molecule has 0 radical (unpaired) electrons. The summed E-state index contributed by atoms with van der Waals surface area (Å²) in [6.07, 6.45) is 2.61. The summed E-state index contributed by atoms with van der Waals surface area (Å²) in [5.41, 5.74) is 0. The first kappa shape index (κ1) is 16.7. The average Bonchev–Trinajstić information content (AvgIpc) is 2.34. The quantitative estimate of drug-likeness (QED) is 0.629. The average molecular weight is 259 g/mol. The molecular formula is C13H25NO4. The molecule has 1 amide bonds. The first-order valence-electron chi connectivity index (χ1n) is 6.61. The Hall–Kier alpha value is -1.26. The van der Waals surface area contributed by atoms with Gasteiger partial charge in [0.1, 0.15) is 0 Å². The molecule has 0 aromatic heterocycles. The second-order valence-corrected chi connectivity index (χ2v) is 4.12. The van der Waals surface area contributed by atoms with Crippen LogP contribution in [0.4, 0.5) is 4.79 Å². The zero-order valence-electron chi connectivity index (χ0n) is 11.9. The highest BCUT2D eigenvalue weighted by atomic mass is 16.6. The van der Waals surface area contributed by atoms with Gasteiger partial charge < -0.3 is 14.4 Å². The van der Waals surface area contributed by atoms with Gasteiger partial charge in [0.2, 0.25) is 0 Å². The number of unbranched alkanes of at least 4 members (excludes halogenated alkanes) is 1. The van der Waals surface area contributed by atoms with Crippen LogP contribution in [0.15, 0.2) is 0 Å². The third-order valence-electron chi connectivity index (χ3n) is 2.70. The highest BCUT2D eigenvalue weighted by Crippen LogP contribution is 2.13. The standard InChI is InChI=1S/C13H25NO4/c1-5-8-9-11(10-12(15)17-6-2)14(4)13(16)18-7-3/h11H,5-10H2,1-4H3. The van der Waals surface area contributed by atoms with Crippen molar-refractivity contribution in [2.45, 2.75) is 52.5 Å². The van der Waals surface area contributed by atoms with Gasteiger partial charge in [-0.2, -0.15) is 0 Å². The Bertz CT molecular complexity index is 255. The van der Waals surface area contributed by atoms with Gasteiger partial charge in [-0.25, -0.2) is 4.79 Å². The predicted octanol–water partition coefficient (Wildman–Crippen LogP) is 2.59. The zero-order valence-corrected chi connectivity index (χ0v) is 11.9. The summed E-state index contributed by atoms with van der Waals surface area (Å²) in [7, 11) is 1.66. The van der Waals surface area contributed by atoms with E-state index < -0.39 is 0 Å². The maximum Gasteiger partial charge on any atom is 0.409 e. The molecule has 0 heterocycles. The number of hydrogen-bond acceptors (Lipinski definition) is 4. The molecule has 5 nitrogen and oxygen atoms in total. The lowest BCUT2D eigenvalue weighted by Crippen LogP contribution is -2.39. The van der Waals surface area contributed by atoms with Crippen LogP contribution in [0, 0.1) is 0 Å². The summed E-state index contributed by atoms with van der Waals surface area (Å²) >= 11 is 0. The van der Waals surface area contributed by atoms with E-state index >= 15 is 0 Å². The van der Waals surface area contributed by atoms with Crippen LogP contribution in [-0.4, -0.2) is 43.3 Å². The van der Waals surface area contributed by atoms with Crippen LogP contribution in [0.5, 0.6) is 0 Å². The summed E-state index contributed by atoms with van der Waals surface area (Å²) in [6, 6.07) is -0.150. The number of nitrogens with zero attached hydrogens (tertiary/aromatic N) is 1. The van der Waals surface area contributed by atoms with E-state index in [1.54, 1.807) is 20.9 Å². The Morgan fingerprint density at radius 1 is 1.11 bits per heavy atom.